The Morgan fingerprint density at radius 2 is 1.95 bits per heavy atom. The van der Waals surface area contributed by atoms with E-state index in [1.54, 1.807) is 11.8 Å². The number of carbonyl (C=O) groups is 1. The van der Waals surface area contributed by atoms with Crippen LogP contribution in [0.3, 0.4) is 0 Å². The quantitative estimate of drug-likeness (QED) is 0.723. The SMILES string of the molecule is CC(=O)N1CC(C)O[C@H]2O[C@H](CN)[C@@H]3OC(C)(C)O[C@@H]3[C@H]21. The summed E-state index contributed by atoms with van der Waals surface area (Å²) in [6, 6.07) is -0.298. The molecule has 7 heteroatoms. The fourth-order valence-corrected chi connectivity index (χ4v) is 3.49. The highest BCUT2D eigenvalue weighted by Crippen LogP contribution is 2.41. The van der Waals surface area contributed by atoms with E-state index in [-0.39, 0.29) is 36.4 Å². The number of nitrogens with two attached hydrogens (primary N) is 1. The number of hydrogen-bond donors (Lipinski definition) is 1. The van der Waals surface area contributed by atoms with Crippen LogP contribution in [0.4, 0.5) is 0 Å². The van der Waals surface area contributed by atoms with Crippen molar-refractivity contribution in [2.24, 2.45) is 5.73 Å². The molecular weight excluding hydrogens is 276 g/mol. The Morgan fingerprint density at radius 3 is 2.57 bits per heavy atom. The molecule has 0 aromatic carbocycles. The average Bonchev–Trinajstić information content (AvgIpc) is 2.71. The maximum atomic E-state index is 12.0. The normalized spacial score (nSPS) is 45.1. The maximum absolute atomic E-state index is 12.0. The van der Waals surface area contributed by atoms with Crippen LogP contribution in [0.25, 0.3) is 0 Å². The molecule has 0 aromatic rings. The van der Waals surface area contributed by atoms with Gasteiger partial charge in [-0.25, -0.2) is 0 Å². The molecule has 2 N–H and O–H groups in total. The van der Waals surface area contributed by atoms with Crippen LogP contribution in [0.15, 0.2) is 0 Å². The van der Waals surface area contributed by atoms with Crippen LogP contribution < -0.4 is 5.73 Å². The van der Waals surface area contributed by atoms with Crippen molar-refractivity contribution < 1.29 is 23.7 Å². The molecule has 0 spiro atoms. The van der Waals surface area contributed by atoms with Gasteiger partial charge in [0.1, 0.15) is 24.4 Å². The molecule has 6 atom stereocenters. The average molecular weight is 300 g/mol. The van der Waals surface area contributed by atoms with E-state index in [4.69, 9.17) is 24.7 Å². The second kappa shape index (κ2) is 5.17. The van der Waals surface area contributed by atoms with E-state index in [0.717, 1.165) is 0 Å². The first-order valence-corrected chi connectivity index (χ1v) is 7.46. The summed E-state index contributed by atoms with van der Waals surface area (Å²) in [5, 5.41) is 0. The fourth-order valence-electron chi connectivity index (χ4n) is 3.49. The van der Waals surface area contributed by atoms with Crippen molar-refractivity contribution in [1.29, 1.82) is 0 Å². The highest BCUT2D eigenvalue weighted by Gasteiger charge is 2.58. The molecule has 3 aliphatic heterocycles. The molecule has 1 unspecified atom stereocenters. The Bertz CT molecular complexity index is 430. The first-order valence-electron chi connectivity index (χ1n) is 7.46. The number of nitrogens with zero attached hydrogens (tertiary/aromatic N) is 1. The van der Waals surface area contributed by atoms with Crippen molar-refractivity contribution in [3.63, 3.8) is 0 Å². The third-order valence-electron chi connectivity index (χ3n) is 4.27. The molecule has 3 fully saturated rings. The summed E-state index contributed by atoms with van der Waals surface area (Å²) in [7, 11) is 0. The summed E-state index contributed by atoms with van der Waals surface area (Å²) < 4.78 is 23.8. The molecule has 0 bridgehead atoms. The Morgan fingerprint density at radius 1 is 1.29 bits per heavy atom. The van der Waals surface area contributed by atoms with Crippen molar-refractivity contribution in [1.82, 2.24) is 4.90 Å². The summed E-state index contributed by atoms with van der Waals surface area (Å²) in [5.74, 6) is -0.728. The molecular formula is C14H24N2O5. The third-order valence-corrected chi connectivity index (χ3v) is 4.27. The van der Waals surface area contributed by atoms with E-state index in [2.05, 4.69) is 0 Å². The number of ether oxygens (including phenoxy) is 4. The van der Waals surface area contributed by atoms with Crippen LogP contribution in [-0.4, -0.2) is 66.4 Å². The molecule has 120 valence electrons. The minimum atomic E-state index is -0.716. The van der Waals surface area contributed by atoms with Crippen LogP contribution in [0.1, 0.15) is 27.7 Å². The predicted molar refractivity (Wildman–Crippen MR) is 73.3 cm³/mol. The predicted octanol–water partition coefficient (Wildman–Crippen LogP) is -0.174. The lowest BCUT2D eigenvalue weighted by atomic mass is 9.94. The maximum Gasteiger partial charge on any atom is 0.220 e. The summed E-state index contributed by atoms with van der Waals surface area (Å²) in [6.45, 7) is 8.05. The Labute approximate surface area is 124 Å². The van der Waals surface area contributed by atoms with Gasteiger partial charge in [-0.2, -0.15) is 0 Å². The van der Waals surface area contributed by atoms with E-state index in [1.165, 1.54) is 0 Å². The van der Waals surface area contributed by atoms with Gasteiger partial charge in [0.05, 0.1) is 6.10 Å². The molecule has 0 radical (unpaired) electrons. The molecule has 3 heterocycles. The van der Waals surface area contributed by atoms with E-state index in [1.807, 2.05) is 20.8 Å². The van der Waals surface area contributed by atoms with Gasteiger partial charge in [-0.05, 0) is 20.8 Å². The zero-order valence-electron chi connectivity index (χ0n) is 12.9. The second-order valence-corrected chi connectivity index (χ2v) is 6.45. The first kappa shape index (κ1) is 15.2. The summed E-state index contributed by atoms with van der Waals surface area (Å²) >= 11 is 0. The van der Waals surface area contributed by atoms with Gasteiger partial charge in [0.25, 0.3) is 0 Å². The Kier molecular flexibility index (Phi) is 3.74. The molecule has 3 rings (SSSR count). The highest BCUT2D eigenvalue weighted by atomic mass is 16.8. The number of morpholine rings is 1. The van der Waals surface area contributed by atoms with Gasteiger partial charge in [0.15, 0.2) is 12.1 Å². The molecule has 1 amide bonds. The van der Waals surface area contributed by atoms with E-state index in [0.29, 0.717) is 13.1 Å². The number of rotatable bonds is 1. The van der Waals surface area contributed by atoms with Crippen molar-refractivity contribution in [3.05, 3.63) is 0 Å². The molecule has 0 aromatic heterocycles. The Balaban J connectivity index is 1.92. The summed E-state index contributed by atoms with van der Waals surface area (Å²) in [5.41, 5.74) is 5.80. The number of amides is 1. The molecule has 3 aliphatic rings. The fraction of sp³-hybridized carbons (Fsp3) is 0.929. The summed E-state index contributed by atoms with van der Waals surface area (Å²) in [6.07, 6.45) is -1.48. The standard InChI is InChI=1S/C14H24N2O5/c1-7-6-16(8(2)17)10-12-11(20-14(3,4)21-12)9(5-15)19-13(10)18-7/h7,9-13H,5-6,15H2,1-4H3/t7?,9-,10-,11+,12-,13+/m1/s1. The topological polar surface area (TPSA) is 83.3 Å². The minimum absolute atomic E-state index is 0.0120. The smallest absolute Gasteiger partial charge is 0.220 e. The largest absolute Gasteiger partial charge is 0.346 e. The molecule has 7 nitrogen and oxygen atoms in total. The van der Waals surface area contributed by atoms with Crippen LogP contribution in [0.2, 0.25) is 0 Å². The van der Waals surface area contributed by atoms with E-state index in [9.17, 15) is 4.79 Å². The first-order chi connectivity index (χ1) is 9.82. The van der Waals surface area contributed by atoms with E-state index < -0.39 is 12.1 Å². The zero-order valence-corrected chi connectivity index (χ0v) is 12.9. The molecule has 0 aliphatic carbocycles. The lowest BCUT2D eigenvalue weighted by Crippen LogP contribution is -2.68. The van der Waals surface area contributed by atoms with Crippen molar-refractivity contribution in [2.45, 2.75) is 70.2 Å². The third kappa shape index (κ3) is 2.57. The molecule has 0 saturated carbocycles. The van der Waals surface area contributed by atoms with Crippen molar-refractivity contribution in [2.75, 3.05) is 13.1 Å². The number of carbonyl (C=O) groups excluding carboxylic acids is 1. The van der Waals surface area contributed by atoms with Crippen molar-refractivity contribution in [3.8, 4) is 0 Å². The lowest BCUT2D eigenvalue weighted by Gasteiger charge is -2.50. The monoisotopic (exact) mass is 300 g/mol. The molecule has 21 heavy (non-hydrogen) atoms. The van der Waals surface area contributed by atoms with Gasteiger partial charge in [-0.3, -0.25) is 4.79 Å². The second-order valence-electron chi connectivity index (χ2n) is 6.45. The highest BCUT2D eigenvalue weighted by molar-refractivity contribution is 5.74. The van der Waals surface area contributed by atoms with Crippen LogP contribution in [-0.2, 0) is 23.7 Å². The molecule has 3 saturated heterocycles. The summed E-state index contributed by atoms with van der Waals surface area (Å²) in [4.78, 5) is 13.8. The number of hydrogen-bond acceptors (Lipinski definition) is 6. The van der Waals surface area contributed by atoms with Gasteiger partial charge in [-0.15, -0.1) is 0 Å². The van der Waals surface area contributed by atoms with Crippen molar-refractivity contribution >= 4 is 5.91 Å². The Hall–Kier alpha value is -0.730. The lowest BCUT2D eigenvalue weighted by molar-refractivity contribution is -0.293. The van der Waals surface area contributed by atoms with Crippen LogP contribution in [0.5, 0.6) is 0 Å². The van der Waals surface area contributed by atoms with Crippen LogP contribution in [0, 0.1) is 0 Å². The van der Waals surface area contributed by atoms with E-state index >= 15 is 0 Å². The van der Waals surface area contributed by atoms with Gasteiger partial charge >= 0.3 is 0 Å². The van der Waals surface area contributed by atoms with Gasteiger partial charge in [0, 0.05) is 20.0 Å². The zero-order chi connectivity index (χ0) is 15.4. The van der Waals surface area contributed by atoms with Gasteiger partial charge in [0.2, 0.25) is 5.91 Å². The van der Waals surface area contributed by atoms with Gasteiger partial charge in [-0.1, -0.05) is 0 Å². The number of fused-ring (bicyclic) bond motifs is 3. The van der Waals surface area contributed by atoms with Gasteiger partial charge < -0.3 is 29.6 Å². The van der Waals surface area contributed by atoms with Crippen LogP contribution >= 0.6 is 0 Å². The minimum Gasteiger partial charge on any atom is -0.346 e.